The van der Waals surface area contributed by atoms with Crippen LogP contribution in [0.3, 0.4) is 0 Å². The Balaban J connectivity index is 1.99. The van der Waals surface area contributed by atoms with Gasteiger partial charge in [-0.15, -0.1) is 0 Å². The lowest BCUT2D eigenvalue weighted by Gasteiger charge is -2.26. The highest BCUT2D eigenvalue weighted by atomic mass is 16.5. The molecule has 0 amide bonds. The van der Waals surface area contributed by atoms with Gasteiger partial charge in [-0.25, -0.2) is 4.68 Å². The number of carbonyl (C=O) groups is 1. The van der Waals surface area contributed by atoms with E-state index in [9.17, 15) is 4.79 Å². The number of carbonyl (C=O) groups excluding carboxylic acids is 1. The second-order valence-electron chi connectivity index (χ2n) is 7.66. The Morgan fingerprint density at radius 1 is 1.00 bits per heavy atom. The van der Waals surface area contributed by atoms with E-state index in [1.54, 1.807) is 0 Å². The highest BCUT2D eigenvalue weighted by molar-refractivity contribution is 5.80. The summed E-state index contributed by atoms with van der Waals surface area (Å²) in [4.78, 5) is 12.4. The number of nitrogens with zero attached hydrogens (tertiary/aromatic N) is 2. The van der Waals surface area contributed by atoms with Crippen LogP contribution in [0.2, 0.25) is 0 Å². The summed E-state index contributed by atoms with van der Waals surface area (Å²) in [6.07, 6.45) is 0.326. The number of rotatable bonds is 2. The van der Waals surface area contributed by atoms with E-state index in [4.69, 9.17) is 9.84 Å². The molecule has 26 heavy (non-hydrogen) atoms. The lowest BCUT2D eigenvalue weighted by molar-refractivity contribution is -0.136. The Morgan fingerprint density at radius 3 is 2.23 bits per heavy atom. The fourth-order valence-corrected chi connectivity index (χ4v) is 3.48. The SMILES string of the molecule is CC(C)(C)n1nc(-c2ccccc2)c2c1OC(=O)C[C@H]2c1ccccc1. The van der Waals surface area contributed by atoms with Crippen molar-refractivity contribution in [2.75, 3.05) is 0 Å². The van der Waals surface area contributed by atoms with Gasteiger partial charge in [0.15, 0.2) is 0 Å². The Bertz CT molecular complexity index is 938. The Hall–Kier alpha value is -2.88. The summed E-state index contributed by atoms with van der Waals surface area (Å²) < 4.78 is 7.55. The van der Waals surface area contributed by atoms with Crippen LogP contribution >= 0.6 is 0 Å². The molecule has 0 spiro atoms. The lowest BCUT2D eigenvalue weighted by atomic mass is 9.85. The molecule has 0 aliphatic carbocycles. The standard InChI is InChI=1S/C22H22N2O2/c1-22(2,3)24-21-19(20(23-24)16-12-8-5-9-13-16)17(14-18(25)26-21)15-10-6-4-7-11-15/h4-13,17H,14H2,1-3H3/t17-/m0/s1. The number of ether oxygens (including phenoxy) is 1. The zero-order chi connectivity index (χ0) is 18.3. The minimum absolute atomic E-state index is 0.0567. The molecule has 2 heterocycles. The van der Waals surface area contributed by atoms with E-state index in [-0.39, 0.29) is 17.4 Å². The molecule has 2 aromatic carbocycles. The summed E-state index contributed by atoms with van der Waals surface area (Å²) in [6, 6.07) is 20.2. The van der Waals surface area contributed by atoms with E-state index in [1.165, 1.54) is 0 Å². The van der Waals surface area contributed by atoms with Crippen LogP contribution in [0.25, 0.3) is 11.3 Å². The molecule has 1 aromatic heterocycles. The van der Waals surface area contributed by atoms with E-state index in [2.05, 4.69) is 32.9 Å². The summed E-state index contributed by atoms with van der Waals surface area (Å²) in [5, 5.41) is 4.88. The zero-order valence-corrected chi connectivity index (χ0v) is 15.3. The number of benzene rings is 2. The fourth-order valence-electron chi connectivity index (χ4n) is 3.48. The van der Waals surface area contributed by atoms with Gasteiger partial charge >= 0.3 is 5.97 Å². The van der Waals surface area contributed by atoms with Crippen molar-refractivity contribution in [3.8, 4) is 17.1 Å². The van der Waals surface area contributed by atoms with Crippen LogP contribution in [-0.4, -0.2) is 15.7 Å². The monoisotopic (exact) mass is 346 g/mol. The van der Waals surface area contributed by atoms with Gasteiger partial charge in [0.05, 0.1) is 17.5 Å². The number of aromatic nitrogens is 2. The minimum Gasteiger partial charge on any atom is -0.407 e. The smallest absolute Gasteiger partial charge is 0.313 e. The fraction of sp³-hybridized carbons (Fsp3) is 0.273. The van der Waals surface area contributed by atoms with Crippen LogP contribution < -0.4 is 4.74 Å². The molecule has 132 valence electrons. The maximum absolute atomic E-state index is 12.4. The number of fused-ring (bicyclic) bond motifs is 1. The molecule has 0 fully saturated rings. The third kappa shape index (κ3) is 2.81. The van der Waals surface area contributed by atoms with Crippen LogP contribution in [0.1, 0.15) is 44.2 Å². The van der Waals surface area contributed by atoms with Gasteiger partial charge in [-0.3, -0.25) is 4.79 Å². The molecule has 0 unspecified atom stereocenters. The molecule has 4 nitrogen and oxygen atoms in total. The van der Waals surface area contributed by atoms with Crippen molar-refractivity contribution in [2.24, 2.45) is 0 Å². The molecule has 4 rings (SSSR count). The van der Waals surface area contributed by atoms with Gasteiger partial charge in [0.1, 0.15) is 5.69 Å². The van der Waals surface area contributed by atoms with Crippen LogP contribution in [0.5, 0.6) is 5.88 Å². The molecule has 0 saturated heterocycles. The van der Waals surface area contributed by atoms with Crippen LogP contribution in [0.4, 0.5) is 0 Å². The van der Waals surface area contributed by atoms with E-state index in [0.717, 1.165) is 22.4 Å². The van der Waals surface area contributed by atoms with Gasteiger partial charge in [0.2, 0.25) is 5.88 Å². The van der Waals surface area contributed by atoms with Crippen molar-refractivity contribution < 1.29 is 9.53 Å². The van der Waals surface area contributed by atoms with Crippen molar-refractivity contribution >= 4 is 5.97 Å². The van der Waals surface area contributed by atoms with Crippen LogP contribution in [-0.2, 0) is 10.3 Å². The zero-order valence-electron chi connectivity index (χ0n) is 15.3. The third-order valence-corrected chi connectivity index (χ3v) is 4.69. The summed E-state index contributed by atoms with van der Waals surface area (Å²) in [5.41, 5.74) is 3.73. The van der Waals surface area contributed by atoms with Gasteiger partial charge < -0.3 is 4.74 Å². The van der Waals surface area contributed by atoms with Gasteiger partial charge in [-0.05, 0) is 26.3 Å². The van der Waals surface area contributed by atoms with E-state index in [1.807, 2.05) is 53.2 Å². The number of hydrogen-bond donors (Lipinski definition) is 0. The van der Waals surface area contributed by atoms with E-state index in [0.29, 0.717) is 12.3 Å². The lowest BCUT2D eigenvalue weighted by Crippen LogP contribution is -2.28. The molecule has 0 N–H and O–H groups in total. The molecule has 0 saturated carbocycles. The average Bonchev–Trinajstić information content (AvgIpc) is 3.02. The Kier molecular flexibility index (Phi) is 3.91. The quantitative estimate of drug-likeness (QED) is 0.629. The molecule has 1 aliphatic rings. The summed E-state index contributed by atoms with van der Waals surface area (Å²) >= 11 is 0. The minimum atomic E-state index is -0.296. The summed E-state index contributed by atoms with van der Waals surface area (Å²) in [5.74, 6) is 0.302. The molecule has 1 atom stereocenters. The first-order valence-corrected chi connectivity index (χ1v) is 8.89. The van der Waals surface area contributed by atoms with Gasteiger partial charge in [-0.1, -0.05) is 60.7 Å². The largest absolute Gasteiger partial charge is 0.407 e. The van der Waals surface area contributed by atoms with Crippen LogP contribution in [0.15, 0.2) is 60.7 Å². The second-order valence-corrected chi connectivity index (χ2v) is 7.66. The highest BCUT2D eigenvalue weighted by Crippen LogP contribution is 2.45. The number of esters is 1. The van der Waals surface area contributed by atoms with Crippen LogP contribution in [0, 0.1) is 0 Å². The summed E-state index contributed by atoms with van der Waals surface area (Å²) in [7, 11) is 0. The Morgan fingerprint density at radius 2 is 1.62 bits per heavy atom. The van der Waals surface area contributed by atoms with Crippen molar-refractivity contribution in [2.45, 2.75) is 38.6 Å². The topological polar surface area (TPSA) is 44.1 Å². The number of hydrogen-bond acceptors (Lipinski definition) is 3. The highest BCUT2D eigenvalue weighted by Gasteiger charge is 2.37. The average molecular weight is 346 g/mol. The molecule has 3 aromatic rings. The predicted octanol–water partition coefficient (Wildman–Crippen LogP) is 4.75. The normalized spacial score (nSPS) is 16.9. The first-order chi connectivity index (χ1) is 12.4. The molecule has 1 aliphatic heterocycles. The third-order valence-electron chi connectivity index (χ3n) is 4.69. The molecular weight excluding hydrogens is 324 g/mol. The molecular formula is C22H22N2O2. The summed E-state index contributed by atoms with van der Waals surface area (Å²) in [6.45, 7) is 6.19. The van der Waals surface area contributed by atoms with E-state index < -0.39 is 0 Å². The first-order valence-electron chi connectivity index (χ1n) is 8.89. The second kappa shape index (κ2) is 6.13. The Labute approximate surface area is 153 Å². The predicted molar refractivity (Wildman–Crippen MR) is 101 cm³/mol. The van der Waals surface area contributed by atoms with Crippen molar-refractivity contribution in [3.05, 3.63) is 71.8 Å². The maximum Gasteiger partial charge on any atom is 0.313 e. The molecule has 0 bridgehead atoms. The van der Waals surface area contributed by atoms with Gasteiger partial charge in [0, 0.05) is 11.5 Å². The first kappa shape index (κ1) is 16.6. The molecule has 4 heteroatoms. The van der Waals surface area contributed by atoms with Gasteiger partial charge in [0.25, 0.3) is 0 Å². The van der Waals surface area contributed by atoms with Crippen molar-refractivity contribution in [1.82, 2.24) is 9.78 Å². The van der Waals surface area contributed by atoms with Crippen molar-refractivity contribution in [3.63, 3.8) is 0 Å². The maximum atomic E-state index is 12.4. The molecule has 0 radical (unpaired) electrons. The van der Waals surface area contributed by atoms with Crippen molar-refractivity contribution in [1.29, 1.82) is 0 Å². The van der Waals surface area contributed by atoms with E-state index >= 15 is 0 Å². The van der Waals surface area contributed by atoms with Gasteiger partial charge in [-0.2, -0.15) is 5.10 Å².